The van der Waals surface area contributed by atoms with Gasteiger partial charge in [-0.05, 0) is 36.5 Å². The van der Waals surface area contributed by atoms with Gasteiger partial charge in [0.05, 0.1) is 0 Å². The van der Waals surface area contributed by atoms with Gasteiger partial charge in [0.1, 0.15) is 0 Å². The van der Waals surface area contributed by atoms with Gasteiger partial charge in [-0.3, -0.25) is 0 Å². The van der Waals surface area contributed by atoms with E-state index in [4.69, 9.17) is 0 Å². The van der Waals surface area contributed by atoms with E-state index in [1.165, 1.54) is 15.9 Å². The normalized spacial score (nSPS) is 18.9. The predicted molar refractivity (Wildman–Crippen MR) is 69.1 cm³/mol. The van der Waals surface area contributed by atoms with Crippen molar-refractivity contribution in [3.05, 3.63) is 87.8 Å². The lowest BCUT2D eigenvalue weighted by Crippen LogP contribution is -1.81. The molecular formula is C15H9P. The molecule has 0 aromatic carbocycles. The molecule has 0 fully saturated rings. The summed E-state index contributed by atoms with van der Waals surface area (Å²) in [5.41, 5.74) is 9.91. The molecule has 3 rings (SSSR count). The molecule has 0 amide bonds. The minimum atomic E-state index is -0.502. The summed E-state index contributed by atoms with van der Waals surface area (Å²) in [6.45, 7) is 0. The van der Waals surface area contributed by atoms with Crippen LogP contribution < -0.4 is 0 Å². The van der Waals surface area contributed by atoms with Crippen LogP contribution in [0.3, 0.4) is 0 Å². The Morgan fingerprint density at radius 3 is 1.25 bits per heavy atom. The van der Waals surface area contributed by atoms with Crippen molar-refractivity contribution in [2.45, 2.75) is 0 Å². The van der Waals surface area contributed by atoms with Gasteiger partial charge in [0.15, 0.2) is 0 Å². The molecular weight excluding hydrogens is 211 g/mol. The molecule has 0 N–H and O–H groups in total. The highest BCUT2D eigenvalue weighted by atomic mass is 31.1. The van der Waals surface area contributed by atoms with E-state index in [9.17, 15) is 0 Å². The second-order valence-electron chi connectivity index (χ2n) is 3.50. The zero-order valence-corrected chi connectivity index (χ0v) is 9.54. The first-order valence-electron chi connectivity index (χ1n) is 5.15. The molecule has 3 aliphatic rings. The summed E-state index contributed by atoms with van der Waals surface area (Å²) in [7, 11) is -0.502. The average Bonchev–Trinajstić information content (AvgIpc) is 3.02. The quantitative estimate of drug-likeness (QED) is 0.491. The lowest BCUT2D eigenvalue weighted by atomic mass is 10.6. The molecule has 0 aliphatic heterocycles. The van der Waals surface area contributed by atoms with Crippen LogP contribution in [0.4, 0.5) is 0 Å². The summed E-state index contributed by atoms with van der Waals surface area (Å²) in [6.07, 6.45) is 18.4. The fourth-order valence-corrected chi connectivity index (χ4v) is 3.86. The molecule has 0 nitrogen and oxygen atoms in total. The second kappa shape index (κ2) is 3.99. The summed E-state index contributed by atoms with van der Waals surface area (Å²) in [5.74, 6) is 0. The molecule has 0 bridgehead atoms. The fraction of sp³-hybridized carbons (Fsp3) is 0. The highest BCUT2D eigenvalue weighted by Crippen LogP contribution is 2.60. The number of hydrogen-bond acceptors (Lipinski definition) is 0. The van der Waals surface area contributed by atoms with E-state index < -0.39 is 7.92 Å². The molecule has 74 valence electrons. The Morgan fingerprint density at radius 2 is 1.00 bits per heavy atom. The van der Waals surface area contributed by atoms with Gasteiger partial charge in [-0.25, -0.2) is 0 Å². The van der Waals surface area contributed by atoms with E-state index in [1.807, 2.05) is 36.5 Å². The monoisotopic (exact) mass is 220 g/mol. The van der Waals surface area contributed by atoms with Crippen LogP contribution in [0.25, 0.3) is 0 Å². The maximum atomic E-state index is 3.30. The Hall–Kier alpha value is -1.79. The maximum absolute atomic E-state index is 3.30. The fourth-order valence-electron chi connectivity index (χ4n) is 1.77. The van der Waals surface area contributed by atoms with E-state index >= 15 is 0 Å². The first kappa shape index (κ1) is 9.44. The zero-order valence-electron chi connectivity index (χ0n) is 8.64. The molecule has 0 saturated carbocycles. The SMILES string of the molecule is C1=CC=CC=1P(C1=C=CC=C1)C1=C=CC=C1. The second-order valence-corrected chi connectivity index (χ2v) is 5.62. The number of rotatable bonds is 3. The Bertz CT molecular complexity index is 526. The van der Waals surface area contributed by atoms with Gasteiger partial charge in [-0.15, -0.1) is 17.2 Å². The van der Waals surface area contributed by atoms with Crippen LogP contribution in [0.5, 0.6) is 0 Å². The van der Waals surface area contributed by atoms with Crippen molar-refractivity contribution >= 4 is 7.92 Å². The van der Waals surface area contributed by atoms with E-state index in [0.29, 0.717) is 0 Å². The minimum Gasteiger partial charge on any atom is -0.112 e. The minimum absolute atomic E-state index is 0.502. The molecule has 0 saturated heterocycles. The van der Waals surface area contributed by atoms with Gasteiger partial charge >= 0.3 is 0 Å². The van der Waals surface area contributed by atoms with Gasteiger partial charge in [0.25, 0.3) is 0 Å². The standard InChI is InChI=1S/C15H9P/c1-2-8-13(7-1)16(14-9-3-4-10-14)15-11-5-6-12-15/h1-7,9,11H. The Kier molecular flexibility index (Phi) is 2.35. The number of allylic oxidation sites excluding steroid dienone is 9. The molecule has 0 heterocycles. The van der Waals surface area contributed by atoms with Crippen molar-refractivity contribution in [1.29, 1.82) is 0 Å². The van der Waals surface area contributed by atoms with Gasteiger partial charge < -0.3 is 0 Å². The summed E-state index contributed by atoms with van der Waals surface area (Å²) < 4.78 is 0. The molecule has 0 spiro atoms. The van der Waals surface area contributed by atoms with Crippen molar-refractivity contribution in [2.24, 2.45) is 0 Å². The lowest BCUT2D eigenvalue weighted by Gasteiger charge is -2.15. The smallest absolute Gasteiger partial charge is 0.0277 e. The van der Waals surface area contributed by atoms with E-state index in [2.05, 4.69) is 35.4 Å². The van der Waals surface area contributed by atoms with Crippen molar-refractivity contribution in [3.8, 4) is 0 Å². The Labute approximate surface area is 96.1 Å². The third kappa shape index (κ3) is 1.58. The maximum Gasteiger partial charge on any atom is 0.0277 e. The van der Waals surface area contributed by atoms with Crippen LogP contribution in [0.1, 0.15) is 0 Å². The van der Waals surface area contributed by atoms with E-state index in [0.717, 1.165) is 0 Å². The zero-order chi connectivity index (χ0) is 10.8. The van der Waals surface area contributed by atoms with Crippen LogP contribution >= 0.6 is 7.92 Å². The molecule has 0 radical (unpaired) electrons. The molecule has 16 heavy (non-hydrogen) atoms. The third-order valence-corrected chi connectivity index (χ3v) is 4.75. The van der Waals surface area contributed by atoms with Gasteiger partial charge in [-0.1, -0.05) is 18.2 Å². The van der Waals surface area contributed by atoms with E-state index in [1.54, 1.807) is 0 Å². The Morgan fingerprint density at radius 1 is 0.625 bits per heavy atom. The van der Waals surface area contributed by atoms with Crippen molar-refractivity contribution < 1.29 is 0 Å². The first-order chi connectivity index (χ1) is 7.95. The van der Waals surface area contributed by atoms with Crippen LogP contribution in [0, 0.1) is 0 Å². The van der Waals surface area contributed by atoms with E-state index in [-0.39, 0.29) is 0 Å². The highest BCUT2D eigenvalue weighted by Gasteiger charge is 2.21. The average molecular weight is 220 g/mol. The van der Waals surface area contributed by atoms with Crippen LogP contribution in [-0.4, -0.2) is 0 Å². The predicted octanol–water partition coefficient (Wildman–Crippen LogP) is 4.29. The molecule has 0 atom stereocenters. The summed E-state index contributed by atoms with van der Waals surface area (Å²) in [4.78, 5) is 0. The lowest BCUT2D eigenvalue weighted by molar-refractivity contribution is 1.87. The molecule has 3 aliphatic carbocycles. The van der Waals surface area contributed by atoms with Crippen molar-refractivity contribution in [1.82, 2.24) is 0 Å². The van der Waals surface area contributed by atoms with Crippen LogP contribution in [0.2, 0.25) is 0 Å². The molecule has 0 aromatic rings. The summed E-state index contributed by atoms with van der Waals surface area (Å²) in [5, 5.41) is 3.75. The van der Waals surface area contributed by atoms with Gasteiger partial charge in [0, 0.05) is 23.9 Å². The summed E-state index contributed by atoms with van der Waals surface area (Å²) >= 11 is 0. The third-order valence-electron chi connectivity index (χ3n) is 2.47. The van der Waals surface area contributed by atoms with Crippen molar-refractivity contribution in [3.63, 3.8) is 0 Å². The molecule has 1 heteroatoms. The summed E-state index contributed by atoms with van der Waals surface area (Å²) in [6, 6.07) is 0. The topological polar surface area (TPSA) is 0 Å². The van der Waals surface area contributed by atoms with Gasteiger partial charge in [0.2, 0.25) is 0 Å². The number of hydrogen-bond donors (Lipinski definition) is 0. The van der Waals surface area contributed by atoms with Crippen molar-refractivity contribution in [2.75, 3.05) is 0 Å². The van der Waals surface area contributed by atoms with Gasteiger partial charge in [-0.2, -0.15) is 0 Å². The molecule has 0 aromatic heterocycles. The van der Waals surface area contributed by atoms with Crippen LogP contribution in [-0.2, 0) is 0 Å². The Balaban J connectivity index is 2.09. The highest BCUT2D eigenvalue weighted by molar-refractivity contribution is 7.71. The first-order valence-corrected chi connectivity index (χ1v) is 6.49. The largest absolute Gasteiger partial charge is 0.112 e. The van der Waals surface area contributed by atoms with Crippen LogP contribution in [0.15, 0.2) is 87.8 Å². The molecule has 0 unspecified atom stereocenters.